The Kier molecular flexibility index (Phi) is 7.22. The molecule has 1 atom stereocenters. The van der Waals surface area contributed by atoms with Crippen molar-refractivity contribution in [3.63, 3.8) is 0 Å². The summed E-state index contributed by atoms with van der Waals surface area (Å²) >= 11 is 6.42. The zero-order valence-electron chi connectivity index (χ0n) is 21.9. The van der Waals surface area contributed by atoms with Gasteiger partial charge in [0.25, 0.3) is 5.91 Å². The smallest absolute Gasteiger partial charge is 0.254 e. The number of carbonyl (C=O) groups excluding carboxylic acids is 2. The summed E-state index contributed by atoms with van der Waals surface area (Å²) in [5, 5.41) is 16.2. The van der Waals surface area contributed by atoms with E-state index in [0.29, 0.717) is 34.7 Å². The highest BCUT2D eigenvalue weighted by molar-refractivity contribution is 9.10. The van der Waals surface area contributed by atoms with Crippen molar-refractivity contribution in [2.75, 3.05) is 17.6 Å². The zero-order chi connectivity index (χ0) is 28.6. The number of nitrogens with zero attached hydrogens (tertiary/aromatic N) is 6. The second-order valence-corrected chi connectivity index (χ2v) is 12.5. The minimum atomic E-state index is -0.290. The van der Waals surface area contributed by atoms with Crippen molar-refractivity contribution in [1.29, 1.82) is 0 Å². The third kappa shape index (κ3) is 5.08. The molecule has 4 heterocycles. The maximum atomic E-state index is 13.4. The first-order valence-electron chi connectivity index (χ1n) is 13.2. The van der Waals surface area contributed by atoms with Crippen molar-refractivity contribution < 1.29 is 14.1 Å². The van der Waals surface area contributed by atoms with Crippen LogP contribution in [0.2, 0.25) is 0 Å². The molecule has 1 aliphatic rings. The van der Waals surface area contributed by atoms with Crippen LogP contribution in [-0.2, 0) is 4.79 Å². The molecule has 6 aromatic rings. The van der Waals surface area contributed by atoms with Crippen LogP contribution in [0.15, 0.2) is 86.9 Å². The van der Waals surface area contributed by atoms with E-state index in [4.69, 9.17) is 4.52 Å². The summed E-state index contributed by atoms with van der Waals surface area (Å²) in [6, 6.07) is 22.3. The maximum absolute atomic E-state index is 13.4. The Morgan fingerprint density at radius 1 is 1.05 bits per heavy atom. The van der Waals surface area contributed by atoms with Crippen LogP contribution >= 0.6 is 39.0 Å². The number of nitrogens with one attached hydrogen (secondary N) is 1. The molecule has 0 saturated carbocycles. The number of aromatic nitrogens is 5. The molecule has 3 aromatic carbocycles. The first-order chi connectivity index (χ1) is 20.5. The molecule has 3 aromatic heterocycles. The first-order valence-corrected chi connectivity index (χ1v) is 15.8. The highest BCUT2D eigenvalue weighted by Crippen LogP contribution is 2.35. The quantitative estimate of drug-likeness (QED) is 0.194. The summed E-state index contributed by atoms with van der Waals surface area (Å²) in [7, 11) is 0. The lowest BCUT2D eigenvalue weighted by Gasteiger charge is -2.22. The Bertz CT molecular complexity index is 1930. The van der Waals surface area contributed by atoms with Gasteiger partial charge in [-0.3, -0.25) is 14.0 Å². The Morgan fingerprint density at radius 3 is 2.71 bits per heavy atom. The summed E-state index contributed by atoms with van der Waals surface area (Å²) in [6.45, 7) is 0.598. The fourth-order valence-electron chi connectivity index (χ4n) is 5.03. The summed E-state index contributed by atoms with van der Waals surface area (Å²) in [5.74, 6) is 0.783. The summed E-state index contributed by atoms with van der Waals surface area (Å²) in [4.78, 5) is 33.3. The van der Waals surface area contributed by atoms with Crippen LogP contribution in [0.1, 0.15) is 35.1 Å². The minimum Gasteiger partial charge on any atom is -0.337 e. The second kappa shape index (κ2) is 11.3. The average molecular weight is 661 g/mol. The SMILES string of the molecule is O=C(CSc1nnc2sc3ccccc3n12)Nc1ccc(C(=O)N2CCCC2c2nc(-c3ccccc3Br)no2)cc1. The van der Waals surface area contributed by atoms with Crippen molar-refractivity contribution in [3.8, 4) is 11.4 Å². The molecule has 1 aliphatic heterocycles. The monoisotopic (exact) mass is 659 g/mol. The Balaban J connectivity index is 0.991. The number of para-hydroxylation sites is 1. The van der Waals surface area contributed by atoms with E-state index in [1.807, 2.05) is 52.9 Å². The molecule has 42 heavy (non-hydrogen) atoms. The fraction of sp³-hybridized carbons (Fsp3) is 0.172. The lowest BCUT2D eigenvalue weighted by atomic mass is 10.1. The summed E-state index contributed by atoms with van der Waals surface area (Å²) < 4.78 is 9.55. The van der Waals surface area contributed by atoms with Crippen molar-refractivity contribution in [2.24, 2.45) is 0 Å². The topological polar surface area (TPSA) is 119 Å². The van der Waals surface area contributed by atoms with Gasteiger partial charge in [0.15, 0.2) is 5.16 Å². The van der Waals surface area contributed by atoms with Crippen molar-refractivity contribution in [1.82, 2.24) is 29.6 Å². The number of halogens is 1. The van der Waals surface area contributed by atoms with Crippen molar-refractivity contribution in [3.05, 3.63) is 88.7 Å². The van der Waals surface area contributed by atoms with Crippen LogP contribution in [0.25, 0.3) is 26.6 Å². The van der Waals surface area contributed by atoms with Gasteiger partial charge in [-0.25, -0.2) is 0 Å². The molecule has 210 valence electrons. The lowest BCUT2D eigenvalue weighted by molar-refractivity contribution is -0.113. The Labute approximate surface area is 256 Å². The van der Waals surface area contributed by atoms with Gasteiger partial charge in [0.05, 0.1) is 16.0 Å². The zero-order valence-corrected chi connectivity index (χ0v) is 25.2. The Morgan fingerprint density at radius 2 is 1.86 bits per heavy atom. The number of thioether (sulfide) groups is 1. The van der Waals surface area contributed by atoms with Crippen LogP contribution in [0.5, 0.6) is 0 Å². The van der Waals surface area contributed by atoms with Crippen LogP contribution in [0.4, 0.5) is 5.69 Å². The number of thiazole rings is 1. The molecule has 7 rings (SSSR count). The second-order valence-electron chi connectivity index (χ2n) is 9.68. The number of likely N-dealkylation sites (tertiary alicyclic amines) is 1. The van der Waals surface area contributed by atoms with E-state index in [-0.39, 0.29) is 23.6 Å². The fourth-order valence-corrected chi connectivity index (χ4v) is 7.26. The number of carbonyl (C=O) groups is 2. The molecule has 0 aliphatic carbocycles. The van der Waals surface area contributed by atoms with Crippen LogP contribution in [0, 0.1) is 0 Å². The molecule has 0 spiro atoms. The van der Waals surface area contributed by atoms with E-state index in [1.54, 1.807) is 40.5 Å². The van der Waals surface area contributed by atoms with E-state index in [2.05, 4.69) is 41.6 Å². The van der Waals surface area contributed by atoms with Gasteiger partial charge < -0.3 is 14.7 Å². The molecule has 1 N–H and O–H groups in total. The third-order valence-electron chi connectivity index (χ3n) is 7.01. The maximum Gasteiger partial charge on any atom is 0.254 e. The number of amides is 2. The van der Waals surface area contributed by atoms with Crippen molar-refractivity contribution in [2.45, 2.75) is 24.0 Å². The number of fused-ring (bicyclic) bond motifs is 3. The number of anilines is 1. The Hall–Kier alpha value is -4.07. The van der Waals surface area contributed by atoms with E-state index < -0.39 is 0 Å². The molecular weight excluding hydrogens is 638 g/mol. The van der Waals surface area contributed by atoms with E-state index in [9.17, 15) is 9.59 Å². The summed E-state index contributed by atoms with van der Waals surface area (Å²) in [5.41, 5.74) is 2.98. The van der Waals surface area contributed by atoms with Gasteiger partial charge in [-0.15, -0.1) is 10.2 Å². The molecule has 0 bridgehead atoms. The third-order valence-corrected chi connectivity index (χ3v) is 9.65. The van der Waals surface area contributed by atoms with E-state index in [0.717, 1.165) is 38.1 Å². The summed E-state index contributed by atoms with van der Waals surface area (Å²) in [6.07, 6.45) is 1.59. The standard InChI is InChI=1S/C29H22BrN7O3S2/c30-20-7-2-1-6-19(20)25-32-26(40-35-25)22-9-5-15-36(22)27(39)17-11-13-18(14-12-17)31-24(38)16-41-28-33-34-29-37(28)21-8-3-4-10-23(21)42-29/h1-4,6-8,10-14,22H,5,9,15-16H2,(H,31,38). The number of rotatable bonds is 7. The molecule has 1 unspecified atom stereocenters. The minimum absolute atomic E-state index is 0.120. The predicted molar refractivity (Wildman–Crippen MR) is 165 cm³/mol. The van der Waals surface area contributed by atoms with Gasteiger partial charge >= 0.3 is 0 Å². The lowest BCUT2D eigenvalue weighted by Crippen LogP contribution is -2.30. The first kappa shape index (κ1) is 26.8. The van der Waals surface area contributed by atoms with Crippen LogP contribution < -0.4 is 5.32 Å². The molecule has 2 amide bonds. The molecule has 0 radical (unpaired) electrons. The molecular formula is C29H22BrN7O3S2. The van der Waals surface area contributed by atoms with E-state index >= 15 is 0 Å². The number of hydrogen-bond acceptors (Lipinski definition) is 9. The highest BCUT2D eigenvalue weighted by atomic mass is 79.9. The van der Waals surface area contributed by atoms with Crippen molar-refractivity contribution >= 4 is 71.7 Å². The van der Waals surface area contributed by atoms with Crippen LogP contribution in [0.3, 0.4) is 0 Å². The molecule has 13 heteroatoms. The van der Waals surface area contributed by atoms with Gasteiger partial charge in [0, 0.05) is 27.8 Å². The average Bonchev–Trinajstić information content (AvgIpc) is 3.81. The normalized spacial score (nSPS) is 15.1. The van der Waals surface area contributed by atoms with Gasteiger partial charge in [0.2, 0.25) is 22.6 Å². The van der Waals surface area contributed by atoms with Crippen LogP contribution in [-0.4, -0.2) is 53.8 Å². The molecule has 1 saturated heterocycles. The van der Waals surface area contributed by atoms with Gasteiger partial charge in [0.1, 0.15) is 6.04 Å². The number of hydrogen-bond donors (Lipinski definition) is 1. The predicted octanol–water partition coefficient (Wildman–Crippen LogP) is 6.46. The number of benzene rings is 3. The molecule has 10 nitrogen and oxygen atoms in total. The largest absolute Gasteiger partial charge is 0.337 e. The van der Waals surface area contributed by atoms with Gasteiger partial charge in [-0.05, 0) is 61.4 Å². The molecule has 1 fully saturated rings. The highest BCUT2D eigenvalue weighted by Gasteiger charge is 2.34. The van der Waals surface area contributed by atoms with Gasteiger partial charge in [-0.1, -0.05) is 68.5 Å². The van der Waals surface area contributed by atoms with Gasteiger partial charge in [-0.2, -0.15) is 4.98 Å². The van der Waals surface area contributed by atoms with E-state index in [1.165, 1.54) is 11.8 Å².